The number of anilines is 1. The molecule has 0 unspecified atom stereocenters. The SMILES string of the molecule is COc1ccc(-c2csc(NC(=O)CCCNC(=O)c3ccc(F)cc3F)n2)cc1Cl. The van der Waals surface area contributed by atoms with Gasteiger partial charge in [0, 0.05) is 30.0 Å². The first kappa shape index (κ1) is 22.6. The third kappa shape index (κ3) is 5.99. The number of nitrogens with one attached hydrogen (secondary N) is 2. The number of amides is 2. The topological polar surface area (TPSA) is 80.3 Å². The van der Waals surface area contributed by atoms with Gasteiger partial charge in [-0.15, -0.1) is 11.3 Å². The summed E-state index contributed by atoms with van der Waals surface area (Å²) in [6.45, 7) is 0.163. The van der Waals surface area contributed by atoms with Crippen molar-refractivity contribution in [2.75, 3.05) is 19.0 Å². The fraction of sp³-hybridized carbons (Fsp3) is 0.190. The van der Waals surface area contributed by atoms with Crippen LogP contribution < -0.4 is 15.4 Å². The zero-order valence-corrected chi connectivity index (χ0v) is 17.9. The monoisotopic (exact) mass is 465 g/mol. The Morgan fingerprint density at radius 2 is 2.00 bits per heavy atom. The average Bonchev–Trinajstić information content (AvgIpc) is 3.19. The minimum Gasteiger partial charge on any atom is -0.495 e. The van der Waals surface area contributed by atoms with Gasteiger partial charge in [0.1, 0.15) is 17.4 Å². The predicted molar refractivity (Wildman–Crippen MR) is 116 cm³/mol. The van der Waals surface area contributed by atoms with Crippen LogP contribution in [0.3, 0.4) is 0 Å². The molecule has 0 bridgehead atoms. The Labute approximate surface area is 186 Å². The second-order valence-electron chi connectivity index (χ2n) is 6.42. The molecule has 0 atom stereocenters. The summed E-state index contributed by atoms with van der Waals surface area (Å²) in [5.74, 6) is -2.07. The van der Waals surface area contributed by atoms with E-state index in [1.165, 1.54) is 18.4 Å². The molecule has 31 heavy (non-hydrogen) atoms. The molecule has 0 aliphatic carbocycles. The molecule has 1 aromatic heterocycles. The second-order valence-corrected chi connectivity index (χ2v) is 7.68. The Hall–Kier alpha value is -3.04. The van der Waals surface area contributed by atoms with Crippen molar-refractivity contribution in [3.05, 3.63) is 64.0 Å². The van der Waals surface area contributed by atoms with Crippen molar-refractivity contribution in [3.63, 3.8) is 0 Å². The lowest BCUT2D eigenvalue weighted by Gasteiger charge is -2.06. The minimum atomic E-state index is -0.937. The third-order valence-electron chi connectivity index (χ3n) is 4.24. The smallest absolute Gasteiger partial charge is 0.254 e. The van der Waals surface area contributed by atoms with E-state index in [-0.39, 0.29) is 24.4 Å². The molecule has 3 rings (SSSR count). The Bertz CT molecular complexity index is 1110. The maximum atomic E-state index is 13.6. The van der Waals surface area contributed by atoms with Crippen LogP contribution in [0.25, 0.3) is 11.3 Å². The third-order valence-corrected chi connectivity index (χ3v) is 5.29. The standard InChI is InChI=1S/C21H18ClF2N3O3S/c1-30-18-7-4-12(9-15(18)22)17-11-31-21(26-17)27-19(28)3-2-8-25-20(29)14-6-5-13(23)10-16(14)24/h4-7,9-11H,2-3,8H2,1H3,(H,25,29)(H,26,27,28). The van der Waals surface area contributed by atoms with Gasteiger partial charge in [0.15, 0.2) is 5.13 Å². The highest BCUT2D eigenvalue weighted by Crippen LogP contribution is 2.31. The molecule has 162 valence electrons. The van der Waals surface area contributed by atoms with Crippen molar-refractivity contribution in [2.45, 2.75) is 12.8 Å². The molecular weight excluding hydrogens is 448 g/mol. The Morgan fingerprint density at radius 1 is 1.19 bits per heavy atom. The molecule has 3 aromatic rings. The van der Waals surface area contributed by atoms with E-state index in [1.807, 2.05) is 6.07 Å². The van der Waals surface area contributed by atoms with E-state index in [1.54, 1.807) is 17.5 Å². The maximum Gasteiger partial charge on any atom is 0.254 e. The van der Waals surface area contributed by atoms with Crippen LogP contribution in [0.1, 0.15) is 23.2 Å². The molecule has 0 radical (unpaired) electrons. The van der Waals surface area contributed by atoms with Crippen molar-refractivity contribution in [1.82, 2.24) is 10.3 Å². The molecule has 6 nitrogen and oxygen atoms in total. The van der Waals surface area contributed by atoms with E-state index < -0.39 is 17.5 Å². The first-order valence-corrected chi connectivity index (χ1v) is 10.5. The van der Waals surface area contributed by atoms with Crippen LogP contribution in [0.2, 0.25) is 5.02 Å². The van der Waals surface area contributed by atoms with Gasteiger partial charge in [-0.25, -0.2) is 13.8 Å². The second kappa shape index (κ2) is 10.3. The summed E-state index contributed by atoms with van der Waals surface area (Å²) in [7, 11) is 1.53. The fourth-order valence-electron chi connectivity index (χ4n) is 2.69. The Balaban J connectivity index is 1.46. The minimum absolute atomic E-state index is 0.134. The maximum absolute atomic E-state index is 13.6. The van der Waals surface area contributed by atoms with Gasteiger partial charge in [-0.3, -0.25) is 9.59 Å². The molecule has 0 aliphatic rings. The first-order chi connectivity index (χ1) is 14.9. The van der Waals surface area contributed by atoms with E-state index in [0.717, 1.165) is 17.7 Å². The number of halogens is 3. The van der Waals surface area contributed by atoms with Gasteiger partial charge in [0.2, 0.25) is 5.91 Å². The number of hydrogen-bond acceptors (Lipinski definition) is 5. The number of hydrogen-bond donors (Lipinski definition) is 2. The van der Waals surface area contributed by atoms with Gasteiger partial charge in [-0.1, -0.05) is 11.6 Å². The Kier molecular flexibility index (Phi) is 7.54. The summed E-state index contributed by atoms with van der Waals surface area (Å²) in [5, 5.41) is 7.89. The quantitative estimate of drug-likeness (QED) is 0.464. The molecule has 0 saturated carbocycles. The molecular formula is C21H18ClF2N3O3S. The van der Waals surface area contributed by atoms with Crippen LogP contribution in [-0.4, -0.2) is 30.5 Å². The summed E-state index contributed by atoms with van der Waals surface area (Å²) < 4.78 is 31.6. The van der Waals surface area contributed by atoms with E-state index >= 15 is 0 Å². The molecule has 0 aliphatic heterocycles. The molecule has 0 fully saturated rings. The number of rotatable bonds is 8. The van der Waals surface area contributed by atoms with E-state index in [4.69, 9.17) is 16.3 Å². The number of aromatic nitrogens is 1. The highest BCUT2D eigenvalue weighted by molar-refractivity contribution is 7.14. The number of methoxy groups -OCH3 is 1. The predicted octanol–water partition coefficient (Wildman–Crippen LogP) is 4.90. The van der Waals surface area contributed by atoms with Gasteiger partial charge < -0.3 is 15.4 Å². The van der Waals surface area contributed by atoms with Gasteiger partial charge in [0.25, 0.3) is 5.91 Å². The molecule has 1 heterocycles. The molecule has 0 spiro atoms. The van der Waals surface area contributed by atoms with Crippen LogP contribution in [0.5, 0.6) is 5.75 Å². The normalized spacial score (nSPS) is 10.6. The summed E-state index contributed by atoms with van der Waals surface area (Å²) in [6.07, 6.45) is 0.474. The number of nitrogens with zero attached hydrogens (tertiary/aromatic N) is 1. The summed E-state index contributed by atoms with van der Waals surface area (Å²) in [4.78, 5) is 28.4. The van der Waals surface area contributed by atoms with Gasteiger partial charge in [0.05, 0.1) is 23.4 Å². The van der Waals surface area contributed by atoms with E-state index in [0.29, 0.717) is 34.1 Å². The van der Waals surface area contributed by atoms with Crippen molar-refractivity contribution in [2.24, 2.45) is 0 Å². The molecule has 0 saturated heterocycles. The van der Waals surface area contributed by atoms with Crippen LogP contribution in [-0.2, 0) is 4.79 Å². The van der Waals surface area contributed by atoms with Gasteiger partial charge >= 0.3 is 0 Å². The van der Waals surface area contributed by atoms with E-state index in [9.17, 15) is 18.4 Å². The van der Waals surface area contributed by atoms with Crippen molar-refractivity contribution < 1.29 is 23.1 Å². The van der Waals surface area contributed by atoms with Crippen molar-refractivity contribution >= 4 is 39.9 Å². The number of carbonyl (C=O) groups is 2. The van der Waals surface area contributed by atoms with Crippen molar-refractivity contribution in [1.29, 1.82) is 0 Å². The van der Waals surface area contributed by atoms with Crippen LogP contribution in [0.4, 0.5) is 13.9 Å². The number of thiazole rings is 1. The molecule has 2 N–H and O–H groups in total. The number of carbonyl (C=O) groups excluding carboxylic acids is 2. The van der Waals surface area contributed by atoms with Gasteiger partial charge in [-0.05, 0) is 36.8 Å². The fourth-order valence-corrected chi connectivity index (χ4v) is 3.68. The Morgan fingerprint density at radius 3 is 2.71 bits per heavy atom. The zero-order chi connectivity index (χ0) is 22.4. The average molecular weight is 466 g/mol. The number of ether oxygens (including phenoxy) is 1. The van der Waals surface area contributed by atoms with Crippen molar-refractivity contribution in [3.8, 4) is 17.0 Å². The highest BCUT2D eigenvalue weighted by Gasteiger charge is 2.13. The zero-order valence-electron chi connectivity index (χ0n) is 16.4. The summed E-state index contributed by atoms with van der Waals surface area (Å²) >= 11 is 7.41. The largest absolute Gasteiger partial charge is 0.495 e. The summed E-state index contributed by atoms with van der Waals surface area (Å²) in [5.41, 5.74) is 1.21. The van der Waals surface area contributed by atoms with Gasteiger partial charge in [-0.2, -0.15) is 0 Å². The van der Waals surface area contributed by atoms with Crippen LogP contribution >= 0.6 is 22.9 Å². The first-order valence-electron chi connectivity index (χ1n) is 9.20. The molecule has 2 aromatic carbocycles. The lowest BCUT2D eigenvalue weighted by Crippen LogP contribution is -2.26. The lowest BCUT2D eigenvalue weighted by molar-refractivity contribution is -0.116. The van der Waals surface area contributed by atoms with Crippen LogP contribution in [0, 0.1) is 11.6 Å². The molecule has 2 amide bonds. The number of benzene rings is 2. The van der Waals surface area contributed by atoms with E-state index in [2.05, 4.69) is 15.6 Å². The molecule has 10 heteroatoms. The highest BCUT2D eigenvalue weighted by atomic mass is 35.5. The lowest BCUT2D eigenvalue weighted by atomic mass is 10.2. The van der Waals surface area contributed by atoms with Crippen LogP contribution in [0.15, 0.2) is 41.8 Å². The summed E-state index contributed by atoms with van der Waals surface area (Å²) in [6, 6.07) is 8.01.